The van der Waals surface area contributed by atoms with Crippen LogP contribution in [0.15, 0.2) is 18.2 Å². The average Bonchev–Trinajstić information content (AvgIpc) is 2.79. The molecule has 1 N–H and O–H groups in total. The lowest BCUT2D eigenvalue weighted by Crippen LogP contribution is -2.38. The molecule has 1 fully saturated rings. The maximum atomic E-state index is 11.9. The van der Waals surface area contributed by atoms with Crippen LogP contribution in [-0.2, 0) is 10.2 Å². The van der Waals surface area contributed by atoms with Crippen LogP contribution in [0, 0.1) is 6.92 Å². The first-order valence-corrected chi connectivity index (χ1v) is 7.55. The first-order chi connectivity index (χ1) is 9.13. The van der Waals surface area contributed by atoms with Gasteiger partial charge in [-0.3, -0.25) is 4.79 Å². The Morgan fingerprint density at radius 2 is 2.05 bits per heavy atom. The standard InChI is InChI=1S/C15H17NO2S/c1-10-16-13-11(6-5-7-12(13)19-10)15(14(17)18)8-3-2-4-9-15/h5-7H,2-4,8-9H2,1H3,(H,17,18). The van der Waals surface area contributed by atoms with E-state index < -0.39 is 11.4 Å². The second-order valence-electron chi connectivity index (χ2n) is 5.33. The van der Waals surface area contributed by atoms with Gasteiger partial charge in [0.05, 0.1) is 20.6 Å². The first kappa shape index (κ1) is 12.6. The summed E-state index contributed by atoms with van der Waals surface area (Å²) in [5.74, 6) is -0.689. The first-order valence-electron chi connectivity index (χ1n) is 6.73. The molecule has 1 aromatic carbocycles. The molecule has 0 bridgehead atoms. The summed E-state index contributed by atoms with van der Waals surface area (Å²) < 4.78 is 1.10. The van der Waals surface area contributed by atoms with E-state index in [-0.39, 0.29) is 0 Å². The van der Waals surface area contributed by atoms with Crippen molar-refractivity contribution in [1.82, 2.24) is 4.98 Å². The van der Waals surface area contributed by atoms with Crippen molar-refractivity contribution in [2.45, 2.75) is 44.4 Å². The smallest absolute Gasteiger partial charge is 0.314 e. The van der Waals surface area contributed by atoms with Gasteiger partial charge in [0.15, 0.2) is 0 Å². The maximum Gasteiger partial charge on any atom is 0.314 e. The van der Waals surface area contributed by atoms with Gasteiger partial charge in [-0.25, -0.2) is 4.98 Å². The number of nitrogens with zero attached hydrogens (tertiary/aromatic N) is 1. The van der Waals surface area contributed by atoms with Crippen LogP contribution in [0.2, 0.25) is 0 Å². The van der Waals surface area contributed by atoms with Gasteiger partial charge in [0.2, 0.25) is 0 Å². The highest BCUT2D eigenvalue weighted by molar-refractivity contribution is 7.18. The molecule has 1 aliphatic rings. The molecule has 0 unspecified atom stereocenters. The van der Waals surface area contributed by atoms with Gasteiger partial charge in [-0.15, -0.1) is 11.3 Å². The number of aliphatic carboxylic acids is 1. The number of para-hydroxylation sites is 1. The minimum atomic E-state index is -0.724. The Kier molecular flexibility index (Phi) is 3.05. The van der Waals surface area contributed by atoms with Crippen LogP contribution in [0.5, 0.6) is 0 Å². The third kappa shape index (κ3) is 1.94. The molecule has 0 amide bonds. The van der Waals surface area contributed by atoms with Gasteiger partial charge in [0, 0.05) is 0 Å². The number of aryl methyl sites for hydroxylation is 1. The van der Waals surface area contributed by atoms with Crippen LogP contribution in [-0.4, -0.2) is 16.1 Å². The number of carboxylic acid groups (broad SMARTS) is 1. The normalized spacial score (nSPS) is 18.6. The Morgan fingerprint density at radius 3 is 2.74 bits per heavy atom. The predicted octanol–water partition coefficient (Wildman–Crippen LogP) is 3.89. The van der Waals surface area contributed by atoms with Crippen LogP contribution in [0.3, 0.4) is 0 Å². The second-order valence-corrected chi connectivity index (χ2v) is 6.57. The fourth-order valence-electron chi connectivity index (χ4n) is 3.20. The van der Waals surface area contributed by atoms with Gasteiger partial charge in [0.1, 0.15) is 0 Å². The van der Waals surface area contributed by atoms with E-state index in [1.54, 1.807) is 11.3 Å². The van der Waals surface area contributed by atoms with Crippen molar-refractivity contribution < 1.29 is 9.90 Å². The molecule has 0 atom stereocenters. The summed E-state index contributed by atoms with van der Waals surface area (Å²) in [6.45, 7) is 1.97. The number of rotatable bonds is 2. The molecule has 0 spiro atoms. The maximum absolute atomic E-state index is 11.9. The predicted molar refractivity (Wildman–Crippen MR) is 76.8 cm³/mol. The SMILES string of the molecule is Cc1nc2c(C3(C(=O)O)CCCCC3)cccc2s1. The fourth-order valence-corrected chi connectivity index (χ4v) is 4.05. The van der Waals surface area contributed by atoms with Gasteiger partial charge in [-0.05, 0) is 31.4 Å². The Morgan fingerprint density at radius 1 is 1.32 bits per heavy atom. The minimum Gasteiger partial charge on any atom is -0.481 e. The van der Waals surface area contributed by atoms with E-state index in [0.717, 1.165) is 52.9 Å². The zero-order valence-corrected chi connectivity index (χ0v) is 11.8. The Balaban J connectivity index is 2.22. The molecule has 1 heterocycles. The van der Waals surface area contributed by atoms with E-state index in [2.05, 4.69) is 4.98 Å². The highest BCUT2D eigenvalue weighted by Crippen LogP contribution is 2.43. The van der Waals surface area contributed by atoms with Gasteiger partial charge < -0.3 is 5.11 Å². The number of carboxylic acids is 1. The van der Waals surface area contributed by atoms with E-state index in [1.807, 2.05) is 25.1 Å². The number of fused-ring (bicyclic) bond motifs is 1. The van der Waals surface area contributed by atoms with Crippen molar-refractivity contribution in [3.05, 3.63) is 28.8 Å². The summed E-state index contributed by atoms with van der Waals surface area (Å²) in [6.07, 6.45) is 4.59. The Labute approximate surface area is 116 Å². The summed E-state index contributed by atoms with van der Waals surface area (Å²) in [7, 11) is 0. The van der Waals surface area contributed by atoms with Crippen molar-refractivity contribution in [2.24, 2.45) is 0 Å². The lowest BCUT2D eigenvalue weighted by atomic mass is 9.69. The number of hydrogen-bond acceptors (Lipinski definition) is 3. The lowest BCUT2D eigenvalue weighted by molar-refractivity contribution is -0.145. The fraction of sp³-hybridized carbons (Fsp3) is 0.467. The summed E-state index contributed by atoms with van der Waals surface area (Å²) in [4.78, 5) is 16.5. The van der Waals surface area contributed by atoms with E-state index in [9.17, 15) is 9.90 Å². The average molecular weight is 275 g/mol. The van der Waals surface area contributed by atoms with Gasteiger partial charge in [-0.2, -0.15) is 0 Å². The number of thiazole rings is 1. The minimum absolute atomic E-state index is 0.689. The summed E-state index contributed by atoms with van der Waals surface area (Å²) in [6, 6.07) is 5.96. The summed E-state index contributed by atoms with van der Waals surface area (Å²) in [5.41, 5.74) is 1.09. The third-order valence-corrected chi connectivity index (χ3v) is 5.09. The number of benzene rings is 1. The molecule has 3 nitrogen and oxygen atoms in total. The molecule has 0 radical (unpaired) electrons. The molecule has 2 aromatic rings. The molecular weight excluding hydrogens is 258 g/mol. The monoisotopic (exact) mass is 275 g/mol. The van der Waals surface area contributed by atoms with Crippen molar-refractivity contribution >= 4 is 27.5 Å². The largest absolute Gasteiger partial charge is 0.481 e. The van der Waals surface area contributed by atoms with Crippen LogP contribution in [0.1, 0.15) is 42.7 Å². The van der Waals surface area contributed by atoms with E-state index in [0.29, 0.717) is 0 Å². The van der Waals surface area contributed by atoms with Crippen molar-refractivity contribution in [3.8, 4) is 0 Å². The topological polar surface area (TPSA) is 50.2 Å². The second kappa shape index (κ2) is 4.60. The molecular formula is C15H17NO2S. The third-order valence-electron chi connectivity index (χ3n) is 4.16. The molecule has 1 aromatic heterocycles. The van der Waals surface area contributed by atoms with E-state index in [1.165, 1.54) is 0 Å². The molecule has 1 aliphatic carbocycles. The van der Waals surface area contributed by atoms with Crippen LogP contribution < -0.4 is 0 Å². The molecule has 1 saturated carbocycles. The zero-order valence-electron chi connectivity index (χ0n) is 11.0. The van der Waals surface area contributed by atoms with Crippen LogP contribution in [0.4, 0.5) is 0 Å². The molecule has 19 heavy (non-hydrogen) atoms. The van der Waals surface area contributed by atoms with Crippen molar-refractivity contribution in [3.63, 3.8) is 0 Å². The van der Waals surface area contributed by atoms with Crippen LogP contribution in [0.25, 0.3) is 10.2 Å². The van der Waals surface area contributed by atoms with Crippen molar-refractivity contribution in [2.75, 3.05) is 0 Å². The molecule has 4 heteroatoms. The molecule has 0 saturated heterocycles. The molecule has 0 aliphatic heterocycles. The Bertz CT molecular complexity index is 626. The van der Waals surface area contributed by atoms with Gasteiger partial charge >= 0.3 is 5.97 Å². The van der Waals surface area contributed by atoms with Gasteiger partial charge in [0.25, 0.3) is 0 Å². The molecule has 100 valence electrons. The lowest BCUT2D eigenvalue weighted by Gasteiger charge is -2.33. The highest BCUT2D eigenvalue weighted by atomic mass is 32.1. The zero-order chi connectivity index (χ0) is 13.5. The van der Waals surface area contributed by atoms with Gasteiger partial charge in [-0.1, -0.05) is 31.4 Å². The van der Waals surface area contributed by atoms with E-state index >= 15 is 0 Å². The van der Waals surface area contributed by atoms with E-state index in [4.69, 9.17) is 0 Å². The number of carbonyl (C=O) groups is 1. The summed E-state index contributed by atoms with van der Waals surface area (Å²) >= 11 is 1.64. The van der Waals surface area contributed by atoms with Crippen LogP contribution >= 0.6 is 11.3 Å². The Hall–Kier alpha value is -1.42. The molecule has 3 rings (SSSR count). The number of aromatic nitrogens is 1. The van der Waals surface area contributed by atoms with Crippen molar-refractivity contribution in [1.29, 1.82) is 0 Å². The summed E-state index contributed by atoms with van der Waals surface area (Å²) in [5, 5.41) is 10.8. The highest BCUT2D eigenvalue weighted by Gasteiger charge is 2.42. The number of hydrogen-bond donors (Lipinski definition) is 1. The quantitative estimate of drug-likeness (QED) is 0.904.